The van der Waals surface area contributed by atoms with Gasteiger partial charge in [-0.3, -0.25) is 9.89 Å². The summed E-state index contributed by atoms with van der Waals surface area (Å²) in [4.78, 5) is 9.05. The summed E-state index contributed by atoms with van der Waals surface area (Å²) in [6, 6.07) is 8.26. The fraction of sp³-hybridized carbons (Fsp3) is 0.650. The maximum Gasteiger partial charge on any atom is 0.193 e. The van der Waals surface area contributed by atoms with Gasteiger partial charge >= 0.3 is 0 Å². The number of rotatable bonds is 8. The fourth-order valence-corrected chi connectivity index (χ4v) is 3.15. The van der Waals surface area contributed by atoms with E-state index in [1.54, 1.807) is 0 Å². The first kappa shape index (κ1) is 24.0. The predicted octanol–water partition coefficient (Wildman–Crippen LogP) is 2.68. The summed E-state index contributed by atoms with van der Waals surface area (Å²) in [6.07, 6.45) is 0. The van der Waals surface area contributed by atoms with Gasteiger partial charge in [0.2, 0.25) is 0 Å². The molecule has 6 nitrogen and oxygen atoms in total. The molecule has 1 saturated heterocycles. The molecule has 2 rings (SSSR count). The smallest absolute Gasteiger partial charge is 0.193 e. The van der Waals surface area contributed by atoms with Crippen LogP contribution in [0, 0.1) is 5.92 Å². The summed E-state index contributed by atoms with van der Waals surface area (Å²) < 4.78 is 10.9. The lowest BCUT2D eigenvalue weighted by atomic mass is 10.1. The standard InChI is InChI=1S/C20H34N4O2.HI/c1-5-26-19-8-6-18(7-9-19)16-23(4)20(21-3)22-14-17(2)15-24-10-12-25-13-11-24;/h6-9,17H,5,10-16H2,1-4H3,(H,21,22);1H. The molecule has 1 atom stereocenters. The number of hydrogen-bond donors (Lipinski definition) is 1. The van der Waals surface area contributed by atoms with E-state index in [1.165, 1.54) is 5.56 Å². The lowest BCUT2D eigenvalue weighted by molar-refractivity contribution is 0.0320. The van der Waals surface area contributed by atoms with Crippen LogP contribution in [0.4, 0.5) is 0 Å². The first-order chi connectivity index (χ1) is 12.6. The molecule has 1 N–H and O–H groups in total. The summed E-state index contributed by atoms with van der Waals surface area (Å²) in [6.45, 7) is 11.6. The molecule has 0 aromatic heterocycles. The van der Waals surface area contributed by atoms with Crippen molar-refractivity contribution in [2.45, 2.75) is 20.4 Å². The molecule has 27 heavy (non-hydrogen) atoms. The molecule has 0 radical (unpaired) electrons. The number of ether oxygens (including phenoxy) is 2. The van der Waals surface area contributed by atoms with Gasteiger partial charge in [0.1, 0.15) is 5.75 Å². The van der Waals surface area contributed by atoms with Crippen molar-refractivity contribution in [3.8, 4) is 5.75 Å². The average Bonchev–Trinajstić information content (AvgIpc) is 2.65. The number of hydrogen-bond acceptors (Lipinski definition) is 4. The van der Waals surface area contributed by atoms with Crippen molar-refractivity contribution < 1.29 is 9.47 Å². The minimum absolute atomic E-state index is 0. The summed E-state index contributed by atoms with van der Waals surface area (Å²) in [5.74, 6) is 2.40. The lowest BCUT2D eigenvalue weighted by Crippen LogP contribution is -2.44. The Labute approximate surface area is 181 Å². The van der Waals surface area contributed by atoms with E-state index in [1.807, 2.05) is 26.1 Å². The highest BCUT2D eigenvalue weighted by molar-refractivity contribution is 14.0. The Kier molecular flexibility index (Phi) is 11.7. The molecule has 7 heteroatoms. The number of morpholine rings is 1. The average molecular weight is 490 g/mol. The van der Waals surface area contributed by atoms with Gasteiger partial charge in [0.05, 0.1) is 19.8 Å². The van der Waals surface area contributed by atoms with Gasteiger partial charge in [0.15, 0.2) is 5.96 Å². The molecule has 1 aliphatic heterocycles. The van der Waals surface area contributed by atoms with Crippen molar-refractivity contribution in [3.05, 3.63) is 29.8 Å². The Bertz CT molecular complexity index is 547. The topological polar surface area (TPSA) is 49.3 Å². The van der Waals surface area contributed by atoms with Crippen LogP contribution in [0.15, 0.2) is 29.3 Å². The van der Waals surface area contributed by atoms with Crippen LogP contribution in [0.5, 0.6) is 5.75 Å². The van der Waals surface area contributed by atoms with Gasteiger partial charge < -0.3 is 19.7 Å². The minimum atomic E-state index is 0. The molecule has 154 valence electrons. The number of benzene rings is 1. The molecule has 0 saturated carbocycles. The van der Waals surface area contributed by atoms with E-state index in [4.69, 9.17) is 9.47 Å². The SMILES string of the molecule is CCOc1ccc(CN(C)C(=NC)NCC(C)CN2CCOCC2)cc1.I. The maximum atomic E-state index is 5.50. The molecule has 0 spiro atoms. The Morgan fingerprint density at radius 1 is 1.30 bits per heavy atom. The summed E-state index contributed by atoms with van der Waals surface area (Å²) in [5.41, 5.74) is 1.24. The Hall–Kier alpha value is -1.06. The molecule has 0 bridgehead atoms. The molecule has 0 amide bonds. The van der Waals surface area contributed by atoms with Crippen molar-refractivity contribution in [2.24, 2.45) is 10.9 Å². The zero-order valence-electron chi connectivity index (χ0n) is 17.1. The van der Waals surface area contributed by atoms with Gasteiger partial charge in [-0.2, -0.15) is 0 Å². The van der Waals surface area contributed by atoms with Crippen LogP contribution < -0.4 is 10.1 Å². The third kappa shape index (κ3) is 8.66. The lowest BCUT2D eigenvalue weighted by Gasteiger charge is -2.30. The van der Waals surface area contributed by atoms with Gasteiger partial charge in [0.25, 0.3) is 0 Å². The van der Waals surface area contributed by atoms with Crippen LogP contribution >= 0.6 is 24.0 Å². The number of guanidine groups is 1. The summed E-state index contributed by atoms with van der Waals surface area (Å²) in [5, 5.41) is 3.50. The van der Waals surface area contributed by atoms with Crippen molar-refractivity contribution >= 4 is 29.9 Å². The third-order valence-electron chi connectivity index (χ3n) is 4.51. The molecule has 1 heterocycles. The summed E-state index contributed by atoms with van der Waals surface area (Å²) >= 11 is 0. The second kappa shape index (κ2) is 13.2. The molecule has 1 aromatic carbocycles. The number of halogens is 1. The van der Waals surface area contributed by atoms with Crippen molar-refractivity contribution in [1.29, 1.82) is 0 Å². The van der Waals surface area contributed by atoms with Crippen LogP contribution in [0.2, 0.25) is 0 Å². The van der Waals surface area contributed by atoms with Gasteiger partial charge in [-0.05, 0) is 30.5 Å². The molecule has 1 aliphatic rings. The first-order valence-corrected chi connectivity index (χ1v) is 9.56. The van der Waals surface area contributed by atoms with Crippen molar-refractivity contribution in [2.75, 3.05) is 60.1 Å². The third-order valence-corrected chi connectivity index (χ3v) is 4.51. The molecule has 0 aliphatic carbocycles. The minimum Gasteiger partial charge on any atom is -0.494 e. The van der Waals surface area contributed by atoms with Gasteiger partial charge in [-0.1, -0.05) is 19.1 Å². The molecule has 1 fully saturated rings. The van der Waals surface area contributed by atoms with E-state index in [-0.39, 0.29) is 24.0 Å². The van der Waals surface area contributed by atoms with E-state index in [2.05, 4.69) is 46.2 Å². The highest BCUT2D eigenvalue weighted by atomic mass is 127. The quantitative estimate of drug-likeness (QED) is 0.345. The molecular weight excluding hydrogens is 455 g/mol. The summed E-state index contributed by atoms with van der Waals surface area (Å²) in [7, 11) is 3.90. The normalized spacial score (nSPS) is 16.4. The molecule has 1 unspecified atom stereocenters. The number of aliphatic imine (C=N–C) groups is 1. The zero-order chi connectivity index (χ0) is 18.8. The Morgan fingerprint density at radius 3 is 2.56 bits per heavy atom. The van der Waals surface area contributed by atoms with Gasteiger partial charge in [-0.15, -0.1) is 24.0 Å². The van der Waals surface area contributed by atoms with E-state index in [0.717, 1.165) is 57.6 Å². The number of nitrogens with zero attached hydrogens (tertiary/aromatic N) is 3. The Morgan fingerprint density at radius 2 is 1.96 bits per heavy atom. The van der Waals surface area contributed by atoms with Crippen LogP contribution in [0.3, 0.4) is 0 Å². The van der Waals surface area contributed by atoms with E-state index < -0.39 is 0 Å². The van der Waals surface area contributed by atoms with Crippen LogP contribution in [0.1, 0.15) is 19.4 Å². The predicted molar refractivity (Wildman–Crippen MR) is 122 cm³/mol. The van der Waals surface area contributed by atoms with Gasteiger partial charge in [0, 0.05) is 46.8 Å². The van der Waals surface area contributed by atoms with E-state index in [0.29, 0.717) is 12.5 Å². The highest BCUT2D eigenvalue weighted by Gasteiger charge is 2.15. The van der Waals surface area contributed by atoms with Crippen LogP contribution in [-0.4, -0.2) is 75.9 Å². The molecule has 1 aromatic rings. The maximum absolute atomic E-state index is 5.50. The second-order valence-electron chi connectivity index (χ2n) is 6.88. The van der Waals surface area contributed by atoms with Crippen molar-refractivity contribution in [1.82, 2.24) is 15.1 Å². The van der Waals surface area contributed by atoms with Crippen molar-refractivity contribution in [3.63, 3.8) is 0 Å². The van der Waals surface area contributed by atoms with Crippen LogP contribution in [-0.2, 0) is 11.3 Å². The number of nitrogens with one attached hydrogen (secondary N) is 1. The van der Waals surface area contributed by atoms with E-state index >= 15 is 0 Å². The largest absolute Gasteiger partial charge is 0.494 e. The van der Waals surface area contributed by atoms with E-state index in [9.17, 15) is 0 Å². The Balaban J connectivity index is 0.00000364. The second-order valence-corrected chi connectivity index (χ2v) is 6.88. The zero-order valence-corrected chi connectivity index (χ0v) is 19.4. The van der Waals surface area contributed by atoms with Crippen LogP contribution in [0.25, 0.3) is 0 Å². The highest BCUT2D eigenvalue weighted by Crippen LogP contribution is 2.13. The first-order valence-electron chi connectivity index (χ1n) is 9.56. The monoisotopic (exact) mass is 490 g/mol. The fourth-order valence-electron chi connectivity index (χ4n) is 3.15. The molecular formula is C20H35IN4O2. The van der Waals surface area contributed by atoms with Gasteiger partial charge in [-0.25, -0.2) is 0 Å².